The van der Waals surface area contributed by atoms with Gasteiger partial charge in [0.05, 0.1) is 17.6 Å². The molecule has 7 heteroatoms. The molecule has 4 aromatic rings. The Hall–Kier alpha value is -3.03. The van der Waals surface area contributed by atoms with E-state index in [4.69, 9.17) is 15.1 Å². The first kappa shape index (κ1) is 18.3. The summed E-state index contributed by atoms with van der Waals surface area (Å²) < 4.78 is 5.88. The van der Waals surface area contributed by atoms with Crippen molar-refractivity contribution in [2.45, 2.75) is 11.8 Å². The number of hydrogen-bond acceptors (Lipinski definition) is 7. The SMILES string of the molecule is Cc1ncc(-c2ccccc2SCCN)nc1-c1nnc(-c2ccccc2)o1.[HH].[HH].[HH]. The molecule has 0 atom stereocenters. The fourth-order valence-corrected chi connectivity index (χ4v) is 3.61. The molecule has 2 aromatic carbocycles. The van der Waals surface area contributed by atoms with Crippen LogP contribution in [-0.4, -0.2) is 32.5 Å². The third kappa shape index (κ3) is 3.81. The van der Waals surface area contributed by atoms with Crippen LogP contribution < -0.4 is 5.73 Å². The molecule has 0 aliphatic carbocycles. The van der Waals surface area contributed by atoms with Crippen molar-refractivity contribution >= 4 is 11.8 Å². The smallest absolute Gasteiger partial charge is 0.268 e. The standard InChI is InChI=1S/C21H19N5OS.3H2/c1-14-19(21-26-25-20(27-21)15-7-3-2-4-8-15)24-17(13-23-14)16-9-5-6-10-18(16)28-12-11-22;;;/h2-10,13H,11-12,22H2,1H3;3*1H. The molecule has 0 bridgehead atoms. The third-order valence-electron chi connectivity index (χ3n) is 4.14. The molecule has 0 amide bonds. The van der Waals surface area contributed by atoms with Gasteiger partial charge < -0.3 is 10.2 Å². The minimum absolute atomic E-state index is 0. The molecule has 2 N–H and O–H groups in total. The summed E-state index contributed by atoms with van der Waals surface area (Å²) in [7, 11) is 0. The van der Waals surface area contributed by atoms with E-state index in [1.165, 1.54) is 0 Å². The maximum Gasteiger partial charge on any atom is 0.268 e. The minimum Gasteiger partial charge on any atom is -0.415 e. The van der Waals surface area contributed by atoms with Gasteiger partial charge in [0.25, 0.3) is 5.89 Å². The highest BCUT2D eigenvalue weighted by atomic mass is 32.2. The first-order valence-electron chi connectivity index (χ1n) is 8.91. The number of hydrogen-bond donors (Lipinski definition) is 1. The van der Waals surface area contributed by atoms with E-state index in [0.717, 1.165) is 33.2 Å². The molecule has 146 valence electrons. The number of aromatic nitrogens is 4. The predicted octanol–water partition coefficient (Wildman–Crippen LogP) is 4.96. The third-order valence-corrected chi connectivity index (χ3v) is 5.25. The molecule has 0 fully saturated rings. The van der Waals surface area contributed by atoms with Crippen molar-refractivity contribution in [1.29, 1.82) is 0 Å². The molecule has 4 rings (SSSR count). The van der Waals surface area contributed by atoms with Crippen LogP contribution in [0, 0.1) is 6.92 Å². The van der Waals surface area contributed by atoms with E-state index in [2.05, 4.69) is 21.2 Å². The highest BCUT2D eigenvalue weighted by molar-refractivity contribution is 7.99. The summed E-state index contributed by atoms with van der Waals surface area (Å²) >= 11 is 1.70. The first-order valence-corrected chi connectivity index (χ1v) is 9.90. The summed E-state index contributed by atoms with van der Waals surface area (Å²) in [4.78, 5) is 10.4. The van der Waals surface area contributed by atoms with E-state index < -0.39 is 0 Å². The minimum atomic E-state index is 0. The van der Waals surface area contributed by atoms with Crippen molar-refractivity contribution in [3.05, 3.63) is 66.5 Å². The van der Waals surface area contributed by atoms with Crippen molar-refractivity contribution in [2.24, 2.45) is 5.73 Å². The van der Waals surface area contributed by atoms with Gasteiger partial charge in [0.2, 0.25) is 5.89 Å². The van der Waals surface area contributed by atoms with Gasteiger partial charge in [-0.2, -0.15) is 0 Å². The molecule has 2 heterocycles. The Kier molecular flexibility index (Phi) is 5.45. The lowest BCUT2D eigenvalue weighted by Gasteiger charge is -2.09. The van der Waals surface area contributed by atoms with Crippen molar-refractivity contribution < 1.29 is 8.70 Å². The highest BCUT2D eigenvalue weighted by Gasteiger charge is 2.17. The molecule has 6 nitrogen and oxygen atoms in total. The van der Waals surface area contributed by atoms with Gasteiger partial charge in [-0.15, -0.1) is 22.0 Å². The van der Waals surface area contributed by atoms with Gasteiger partial charge >= 0.3 is 0 Å². The maximum absolute atomic E-state index is 5.88. The molecule has 0 unspecified atom stereocenters. The number of benzene rings is 2. The predicted molar refractivity (Wildman–Crippen MR) is 117 cm³/mol. The Morgan fingerprint density at radius 2 is 1.75 bits per heavy atom. The Balaban J connectivity index is 0.00000160. The lowest BCUT2D eigenvalue weighted by Crippen LogP contribution is -2.01. The zero-order chi connectivity index (χ0) is 19.3. The second-order valence-corrected chi connectivity index (χ2v) is 7.24. The van der Waals surface area contributed by atoms with Crippen LogP contribution in [-0.2, 0) is 0 Å². The maximum atomic E-state index is 5.88. The first-order chi connectivity index (χ1) is 13.8. The van der Waals surface area contributed by atoms with Crippen LogP contribution in [0.1, 0.15) is 9.97 Å². The fraction of sp³-hybridized carbons (Fsp3) is 0.143. The lowest BCUT2D eigenvalue weighted by atomic mass is 10.1. The number of aryl methyl sites for hydroxylation is 1. The molecule has 0 spiro atoms. The molecular weight excluding hydrogens is 370 g/mol. The number of nitrogens with zero attached hydrogens (tertiary/aromatic N) is 4. The summed E-state index contributed by atoms with van der Waals surface area (Å²) in [6, 6.07) is 17.8. The Morgan fingerprint density at radius 1 is 1.00 bits per heavy atom. The molecule has 0 aliphatic heterocycles. The second-order valence-electron chi connectivity index (χ2n) is 6.10. The quantitative estimate of drug-likeness (QED) is 0.461. The van der Waals surface area contributed by atoms with Crippen LogP contribution in [0.15, 0.2) is 70.1 Å². The van der Waals surface area contributed by atoms with Gasteiger partial charge in [-0.3, -0.25) is 4.98 Å². The van der Waals surface area contributed by atoms with Crippen LogP contribution in [0.5, 0.6) is 0 Å². The van der Waals surface area contributed by atoms with Gasteiger partial charge in [0.1, 0.15) is 5.69 Å². The van der Waals surface area contributed by atoms with Crippen LogP contribution in [0.25, 0.3) is 34.3 Å². The fourth-order valence-electron chi connectivity index (χ4n) is 2.77. The molecule has 0 radical (unpaired) electrons. The lowest BCUT2D eigenvalue weighted by molar-refractivity contribution is 0.581. The van der Waals surface area contributed by atoms with E-state index >= 15 is 0 Å². The van der Waals surface area contributed by atoms with Crippen molar-refractivity contribution in [3.8, 4) is 34.3 Å². The Labute approximate surface area is 171 Å². The summed E-state index contributed by atoms with van der Waals surface area (Å²) in [5, 5.41) is 8.35. The largest absolute Gasteiger partial charge is 0.415 e. The van der Waals surface area contributed by atoms with E-state index in [1.54, 1.807) is 18.0 Å². The normalized spacial score (nSPS) is 10.9. The average Bonchev–Trinajstić information content (AvgIpc) is 3.23. The highest BCUT2D eigenvalue weighted by Crippen LogP contribution is 2.32. The molecule has 0 aliphatic rings. The molecule has 0 saturated carbocycles. The summed E-state index contributed by atoms with van der Waals surface area (Å²) in [6.07, 6.45) is 1.77. The zero-order valence-corrected chi connectivity index (χ0v) is 16.2. The van der Waals surface area contributed by atoms with Gasteiger partial charge in [-0.1, -0.05) is 36.4 Å². The molecule has 2 aromatic heterocycles. The molecule has 0 saturated heterocycles. The van der Waals surface area contributed by atoms with Crippen LogP contribution in [0.2, 0.25) is 0 Å². The van der Waals surface area contributed by atoms with Crippen LogP contribution in [0.3, 0.4) is 0 Å². The van der Waals surface area contributed by atoms with Gasteiger partial charge in [0.15, 0.2) is 0 Å². The Bertz CT molecular complexity index is 1100. The van der Waals surface area contributed by atoms with E-state index in [1.807, 2.05) is 55.5 Å². The Morgan fingerprint density at radius 3 is 2.57 bits per heavy atom. The average molecular weight is 396 g/mol. The number of rotatable bonds is 6. The van der Waals surface area contributed by atoms with Crippen molar-refractivity contribution in [3.63, 3.8) is 0 Å². The topological polar surface area (TPSA) is 90.7 Å². The summed E-state index contributed by atoms with van der Waals surface area (Å²) in [5.74, 6) is 1.66. The van der Waals surface area contributed by atoms with Crippen LogP contribution in [0.4, 0.5) is 0 Å². The van der Waals surface area contributed by atoms with Gasteiger partial charge in [0, 0.05) is 32.6 Å². The van der Waals surface area contributed by atoms with E-state index in [9.17, 15) is 0 Å². The van der Waals surface area contributed by atoms with Crippen molar-refractivity contribution in [1.82, 2.24) is 20.2 Å². The number of nitrogens with two attached hydrogens (primary N) is 1. The molecular formula is C21H25N5OS. The van der Waals surface area contributed by atoms with Gasteiger partial charge in [-0.05, 0) is 25.1 Å². The van der Waals surface area contributed by atoms with Gasteiger partial charge in [-0.25, -0.2) is 4.98 Å². The monoisotopic (exact) mass is 395 g/mol. The summed E-state index contributed by atoms with van der Waals surface area (Å²) in [6.45, 7) is 2.50. The van der Waals surface area contributed by atoms with E-state index in [-0.39, 0.29) is 4.28 Å². The summed E-state index contributed by atoms with van der Waals surface area (Å²) in [5.41, 5.74) is 9.63. The van der Waals surface area contributed by atoms with E-state index in [0.29, 0.717) is 24.0 Å². The zero-order valence-electron chi connectivity index (χ0n) is 15.4. The molecule has 28 heavy (non-hydrogen) atoms. The number of thioether (sulfide) groups is 1. The van der Waals surface area contributed by atoms with Crippen LogP contribution >= 0.6 is 11.8 Å². The second kappa shape index (κ2) is 8.33. The van der Waals surface area contributed by atoms with Crippen molar-refractivity contribution in [2.75, 3.05) is 12.3 Å².